The topological polar surface area (TPSA) is 95.2 Å². The summed E-state index contributed by atoms with van der Waals surface area (Å²) in [5.74, 6) is 2.97. The van der Waals surface area contributed by atoms with Crippen LogP contribution in [0.1, 0.15) is 37.2 Å². The van der Waals surface area contributed by atoms with E-state index in [0.717, 1.165) is 55.5 Å². The number of aromatic nitrogens is 4. The number of nitrogens with one attached hydrogen (secondary N) is 2. The molecular formula is C20H26IN7O. The summed E-state index contributed by atoms with van der Waals surface area (Å²) in [5.41, 5.74) is 1.80. The number of piperidine rings is 1. The lowest BCUT2D eigenvalue weighted by molar-refractivity contribution is 0.298. The smallest absolute Gasteiger partial charge is 0.226 e. The van der Waals surface area contributed by atoms with Crippen molar-refractivity contribution in [3.05, 3.63) is 54.4 Å². The van der Waals surface area contributed by atoms with Gasteiger partial charge in [-0.05, 0) is 31.9 Å². The van der Waals surface area contributed by atoms with Crippen LogP contribution in [0.2, 0.25) is 0 Å². The van der Waals surface area contributed by atoms with Crippen molar-refractivity contribution in [1.29, 1.82) is 0 Å². The molecule has 9 heteroatoms. The molecule has 8 nitrogen and oxygen atoms in total. The Hall–Kier alpha value is -2.43. The standard InChI is InChI=1S/C20H25N7O.HI/c1-2-21-20(27-10-8-15(9-11-27)18-23-14-24-26-18)22-12-17-13-28-19(25-17)16-6-4-3-5-7-16;/h3-7,13-15H,2,8-12H2,1H3,(H,21,22)(H,23,24,26);1H. The van der Waals surface area contributed by atoms with Crippen molar-refractivity contribution >= 4 is 29.9 Å². The van der Waals surface area contributed by atoms with Crippen LogP contribution in [0, 0.1) is 0 Å². The molecule has 0 unspecified atom stereocenters. The Morgan fingerprint density at radius 1 is 1.28 bits per heavy atom. The second kappa shape index (κ2) is 10.4. The number of halogens is 1. The minimum absolute atomic E-state index is 0. The highest BCUT2D eigenvalue weighted by molar-refractivity contribution is 14.0. The van der Waals surface area contributed by atoms with E-state index in [1.54, 1.807) is 12.6 Å². The third-order valence-electron chi connectivity index (χ3n) is 4.91. The number of benzene rings is 1. The van der Waals surface area contributed by atoms with Crippen molar-refractivity contribution in [3.8, 4) is 11.5 Å². The van der Waals surface area contributed by atoms with Gasteiger partial charge in [0.1, 0.15) is 24.1 Å². The highest BCUT2D eigenvalue weighted by Crippen LogP contribution is 2.25. The quantitative estimate of drug-likeness (QED) is 0.312. The number of oxazole rings is 1. The van der Waals surface area contributed by atoms with Crippen molar-refractivity contribution in [3.63, 3.8) is 0 Å². The molecule has 2 N–H and O–H groups in total. The molecule has 3 heterocycles. The van der Waals surface area contributed by atoms with Gasteiger partial charge >= 0.3 is 0 Å². The zero-order valence-electron chi connectivity index (χ0n) is 16.4. The Kier molecular flexibility index (Phi) is 7.62. The van der Waals surface area contributed by atoms with Crippen LogP contribution < -0.4 is 5.32 Å². The van der Waals surface area contributed by atoms with Crippen molar-refractivity contribution in [2.75, 3.05) is 19.6 Å². The molecule has 1 aromatic carbocycles. The molecule has 0 radical (unpaired) electrons. The minimum Gasteiger partial charge on any atom is -0.444 e. The van der Waals surface area contributed by atoms with E-state index in [2.05, 4.69) is 37.3 Å². The van der Waals surface area contributed by atoms with Gasteiger partial charge in [-0.1, -0.05) is 18.2 Å². The van der Waals surface area contributed by atoms with Gasteiger partial charge in [-0.15, -0.1) is 24.0 Å². The van der Waals surface area contributed by atoms with Crippen LogP contribution in [0.25, 0.3) is 11.5 Å². The van der Waals surface area contributed by atoms with Gasteiger partial charge in [0.15, 0.2) is 5.96 Å². The lowest BCUT2D eigenvalue weighted by Gasteiger charge is -2.33. The van der Waals surface area contributed by atoms with Gasteiger partial charge in [0.25, 0.3) is 0 Å². The molecule has 0 bridgehead atoms. The van der Waals surface area contributed by atoms with Gasteiger partial charge in [-0.3, -0.25) is 5.10 Å². The molecule has 1 fully saturated rings. The molecule has 2 aromatic heterocycles. The molecule has 4 rings (SSSR count). The number of guanidine groups is 1. The van der Waals surface area contributed by atoms with Gasteiger partial charge in [-0.2, -0.15) is 5.10 Å². The molecule has 0 atom stereocenters. The molecule has 0 saturated carbocycles. The van der Waals surface area contributed by atoms with E-state index < -0.39 is 0 Å². The van der Waals surface area contributed by atoms with Gasteiger partial charge < -0.3 is 14.6 Å². The van der Waals surface area contributed by atoms with Gasteiger partial charge in [0, 0.05) is 31.1 Å². The molecule has 1 saturated heterocycles. The molecule has 0 aliphatic carbocycles. The second-order valence-corrected chi connectivity index (χ2v) is 6.81. The summed E-state index contributed by atoms with van der Waals surface area (Å²) in [6.07, 6.45) is 5.32. The number of hydrogen-bond acceptors (Lipinski definition) is 5. The molecule has 0 spiro atoms. The van der Waals surface area contributed by atoms with Crippen LogP contribution in [-0.4, -0.2) is 50.7 Å². The average molecular weight is 507 g/mol. The summed E-state index contributed by atoms with van der Waals surface area (Å²) >= 11 is 0. The van der Waals surface area contributed by atoms with E-state index >= 15 is 0 Å². The third kappa shape index (κ3) is 5.34. The van der Waals surface area contributed by atoms with Crippen LogP contribution in [0.4, 0.5) is 0 Å². The summed E-state index contributed by atoms with van der Waals surface area (Å²) < 4.78 is 5.61. The Morgan fingerprint density at radius 2 is 2.07 bits per heavy atom. The summed E-state index contributed by atoms with van der Waals surface area (Å²) in [5, 5.41) is 10.4. The molecule has 1 aliphatic heterocycles. The van der Waals surface area contributed by atoms with E-state index in [9.17, 15) is 0 Å². The Labute approximate surface area is 187 Å². The molecule has 3 aromatic rings. The lowest BCUT2D eigenvalue weighted by atomic mass is 9.96. The fraction of sp³-hybridized carbons (Fsp3) is 0.400. The Balaban J connectivity index is 0.00000240. The van der Waals surface area contributed by atoms with Crippen molar-refractivity contribution in [2.24, 2.45) is 4.99 Å². The van der Waals surface area contributed by atoms with Crippen LogP contribution in [-0.2, 0) is 6.54 Å². The highest BCUT2D eigenvalue weighted by Gasteiger charge is 2.24. The first kappa shape index (κ1) is 21.3. The predicted octanol–water partition coefficient (Wildman–Crippen LogP) is 3.42. The molecule has 1 aliphatic rings. The van der Waals surface area contributed by atoms with Crippen LogP contribution in [0.3, 0.4) is 0 Å². The third-order valence-corrected chi connectivity index (χ3v) is 4.91. The van der Waals surface area contributed by atoms with Crippen molar-refractivity contribution in [2.45, 2.75) is 32.2 Å². The monoisotopic (exact) mass is 507 g/mol. The van der Waals surface area contributed by atoms with Crippen molar-refractivity contribution in [1.82, 2.24) is 30.4 Å². The minimum atomic E-state index is 0. The Bertz CT molecular complexity index is 887. The van der Waals surface area contributed by atoms with Gasteiger partial charge in [0.2, 0.25) is 5.89 Å². The molecule has 154 valence electrons. The molecular weight excluding hydrogens is 481 g/mol. The average Bonchev–Trinajstić information content (AvgIpc) is 3.44. The van der Waals surface area contributed by atoms with Crippen LogP contribution in [0.5, 0.6) is 0 Å². The largest absolute Gasteiger partial charge is 0.444 e. The number of aromatic amines is 1. The van der Waals surface area contributed by atoms with Crippen LogP contribution >= 0.6 is 24.0 Å². The maximum Gasteiger partial charge on any atom is 0.226 e. The van der Waals surface area contributed by atoms with Gasteiger partial charge in [0.05, 0.1) is 6.54 Å². The second-order valence-electron chi connectivity index (χ2n) is 6.81. The lowest BCUT2D eigenvalue weighted by Crippen LogP contribution is -2.45. The maximum absolute atomic E-state index is 5.61. The maximum atomic E-state index is 5.61. The number of likely N-dealkylation sites (tertiary alicyclic amines) is 1. The first-order valence-electron chi connectivity index (χ1n) is 9.72. The first-order chi connectivity index (χ1) is 13.8. The summed E-state index contributed by atoms with van der Waals surface area (Å²) in [6.45, 7) is 5.27. The Morgan fingerprint density at radius 3 is 2.76 bits per heavy atom. The van der Waals surface area contributed by atoms with E-state index in [4.69, 9.17) is 9.41 Å². The fourth-order valence-corrected chi connectivity index (χ4v) is 3.45. The predicted molar refractivity (Wildman–Crippen MR) is 122 cm³/mol. The summed E-state index contributed by atoms with van der Waals surface area (Å²) in [7, 11) is 0. The number of aliphatic imine (C=N–C) groups is 1. The number of H-pyrrole nitrogens is 1. The van der Waals surface area contributed by atoms with Crippen LogP contribution in [0.15, 0.2) is 52.3 Å². The van der Waals surface area contributed by atoms with E-state index in [-0.39, 0.29) is 24.0 Å². The number of hydrogen-bond donors (Lipinski definition) is 2. The number of nitrogens with zero attached hydrogens (tertiary/aromatic N) is 5. The van der Waals surface area contributed by atoms with E-state index in [1.165, 1.54) is 0 Å². The summed E-state index contributed by atoms with van der Waals surface area (Å²) in [6, 6.07) is 9.90. The number of rotatable bonds is 5. The van der Waals surface area contributed by atoms with Crippen molar-refractivity contribution < 1.29 is 4.42 Å². The van der Waals surface area contributed by atoms with E-state index in [0.29, 0.717) is 18.4 Å². The zero-order chi connectivity index (χ0) is 19.2. The molecule has 0 amide bonds. The normalized spacial score (nSPS) is 15.2. The van der Waals surface area contributed by atoms with E-state index in [1.807, 2.05) is 30.3 Å². The fourth-order valence-electron chi connectivity index (χ4n) is 3.45. The zero-order valence-corrected chi connectivity index (χ0v) is 18.7. The first-order valence-corrected chi connectivity index (χ1v) is 9.72. The van der Waals surface area contributed by atoms with Gasteiger partial charge in [-0.25, -0.2) is 15.0 Å². The molecule has 29 heavy (non-hydrogen) atoms. The SMILES string of the molecule is CCNC(=NCc1coc(-c2ccccc2)n1)N1CCC(c2ncn[nH]2)CC1.I. The highest BCUT2D eigenvalue weighted by atomic mass is 127. The summed E-state index contributed by atoms with van der Waals surface area (Å²) in [4.78, 5) is 15.9.